The second kappa shape index (κ2) is 10.5. The van der Waals surface area contributed by atoms with Crippen molar-refractivity contribution in [3.05, 3.63) is 97.8 Å². The molecule has 0 aliphatic carbocycles. The Morgan fingerprint density at radius 3 is 2.36 bits per heavy atom. The fraction of sp³-hybridized carbons (Fsp3) is 0.120. The SMILES string of the molecule is COc1cc(/C=C2\SC(=O)N(Cc3ccc(Cl)cc3)C2=O)ccc1OCc1ccc(Br)cc1. The summed E-state index contributed by atoms with van der Waals surface area (Å²) in [5.74, 6) is 0.809. The van der Waals surface area contributed by atoms with Crippen molar-refractivity contribution in [1.82, 2.24) is 4.90 Å². The number of carbonyl (C=O) groups excluding carboxylic acids is 2. The van der Waals surface area contributed by atoms with E-state index < -0.39 is 0 Å². The van der Waals surface area contributed by atoms with E-state index in [4.69, 9.17) is 21.1 Å². The molecule has 0 N–H and O–H groups in total. The number of amides is 2. The van der Waals surface area contributed by atoms with Gasteiger partial charge in [0.25, 0.3) is 11.1 Å². The van der Waals surface area contributed by atoms with Crippen LogP contribution < -0.4 is 9.47 Å². The van der Waals surface area contributed by atoms with E-state index >= 15 is 0 Å². The molecule has 0 aromatic heterocycles. The molecule has 5 nitrogen and oxygen atoms in total. The molecule has 2 amide bonds. The summed E-state index contributed by atoms with van der Waals surface area (Å²) in [5.41, 5.74) is 2.59. The van der Waals surface area contributed by atoms with Crippen LogP contribution in [0, 0.1) is 0 Å². The third kappa shape index (κ3) is 5.79. The molecule has 168 valence electrons. The summed E-state index contributed by atoms with van der Waals surface area (Å²) in [5, 5.41) is 0.300. The van der Waals surface area contributed by atoms with E-state index in [1.807, 2.05) is 30.3 Å². The van der Waals surface area contributed by atoms with E-state index in [9.17, 15) is 9.59 Å². The lowest BCUT2D eigenvalue weighted by Crippen LogP contribution is -2.27. The highest BCUT2D eigenvalue weighted by molar-refractivity contribution is 9.10. The van der Waals surface area contributed by atoms with Gasteiger partial charge in [-0.25, -0.2) is 0 Å². The van der Waals surface area contributed by atoms with Gasteiger partial charge in [0, 0.05) is 9.50 Å². The Morgan fingerprint density at radius 1 is 0.970 bits per heavy atom. The highest BCUT2D eigenvalue weighted by Crippen LogP contribution is 2.35. The van der Waals surface area contributed by atoms with E-state index in [0.717, 1.165) is 32.9 Å². The molecule has 1 heterocycles. The van der Waals surface area contributed by atoms with Gasteiger partial charge in [-0.2, -0.15) is 0 Å². The van der Waals surface area contributed by atoms with Crippen LogP contribution in [0.5, 0.6) is 11.5 Å². The number of nitrogens with zero attached hydrogens (tertiary/aromatic N) is 1. The average molecular weight is 545 g/mol. The van der Waals surface area contributed by atoms with Gasteiger partial charge in [-0.05, 0) is 70.9 Å². The first-order valence-electron chi connectivity index (χ1n) is 9.98. The zero-order valence-electron chi connectivity index (χ0n) is 17.6. The van der Waals surface area contributed by atoms with E-state index in [-0.39, 0.29) is 17.7 Å². The van der Waals surface area contributed by atoms with Crippen LogP contribution in [0.3, 0.4) is 0 Å². The Morgan fingerprint density at radius 2 is 1.67 bits per heavy atom. The smallest absolute Gasteiger partial charge is 0.293 e. The van der Waals surface area contributed by atoms with Crippen LogP contribution in [0.1, 0.15) is 16.7 Å². The number of ether oxygens (including phenoxy) is 2. The first-order valence-corrected chi connectivity index (χ1v) is 12.0. The number of rotatable bonds is 7. The van der Waals surface area contributed by atoms with Crippen molar-refractivity contribution in [3.63, 3.8) is 0 Å². The standard InChI is InChI=1S/C25H19BrClNO4S/c1-31-22-12-18(6-11-21(22)32-15-17-2-7-19(26)8-3-17)13-23-24(29)28(25(30)33-23)14-16-4-9-20(27)10-5-16/h2-13H,14-15H2,1H3/b23-13-. The Bertz CT molecular complexity index is 1210. The number of carbonyl (C=O) groups is 2. The molecule has 1 saturated heterocycles. The van der Waals surface area contributed by atoms with Gasteiger partial charge < -0.3 is 9.47 Å². The summed E-state index contributed by atoms with van der Waals surface area (Å²) in [6.07, 6.45) is 1.69. The summed E-state index contributed by atoms with van der Waals surface area (Å²) >= 11 is 10.2. The number of hydrogen-bond acceptors (Lipinski definition) is 5. The maximum atomic E-state index is 12.8. The van der Waals surface area contributed by atoms with Crippen molar-refractivity contribution in [3.8, 4) is 11.5 Å². The molecule has 0 unspecified atom stereocenters. The summed E-state index contributed by atoms with van der Waals surface area (Å²) < 4.78 is 12.4. The van der Waals surface area contributed by atoms with Crippen LogP contribution in [-0.4, -0.2) is 23.2 Å². The summed E-state index contributed by atoms with van der Waals surface area (Å²) in [7, 11) is 1.56. The molecule has 0 radical (unpaired) electrons. The van der Waals surface area contributed by atoms with Gasteiger partial charge in [-0.15, -0.1) is 0 Å². The molecule has 1 aliphatic heterocycles. The predicted molar refractivity (Wildman–Crippen MR) is 134 cm³/mol. The molecule has 3 aromatic rings. The Kier molecular flexibility index (Phi) is 7.42. The van der Waals surface area contributed by atoms with Gasteiger partial charge in [0.1, 0.15) is 6.61 Å². The van der Waals surface area contributed by atoms with E-state index in [1.165, 1.54) is 4.90 Å². The predicted octanol–water partition coefficient (Wildman–Crippen LogP) is 6.93. The first-order chi connectivity index (χ1) is 15.9. The highest BCUT2D eigenvalue weighted by Gasteiger charge is 2.35. The van der Waals surface area contributed by atoms with Crippen LogP contribution in [-0.2, 0) is 17.9 Å². The number of benzene rings is 3. The fourth-order valence-electron chi connectivity index (χ4n) is 3.19. The third-order valence-electron chi connectivity index (χ3n) is 4.92. The van der Waals surface area contributed by atoms with Crippen molar-refractivity contribution >= 4 is 56.5 Å². The summed E-state index contributed by atoms with van der Waals surface area (Å²) in [6.45, 7) is 0.595. The van der Waals surface area contributed by atoms with Crippen LogP contribution in [0.4, 0.5) is 4.79 Å². The van der Waals surface area contributed by atoms with Crippen molar-refractivity contribution in [2.24, 2.45) is 0 Å². The van der Waals surface area contributed by atoms with Gasteiger partial charge in [0.15, 0.2) is 11.5 Å². The van der Waals surface area contributed by atoms with E-state index in [1.54, 1.807) is 49.6 Å². The molecule has 33 heavy (non-hydrogen) atoms. The van der Waals surface area contributed by atoms with Crippen molar-refractivity contribution in [1.29, 1.82) is 0 Å². The zero-order chi connectivity index (χ0) is 23.4. The van der Waals surface area contributed by atoms with Crippen LogP contribution >= 0.6 is 39.3 Å². The normalized spacial score (nSPS) is 14.8. The molecule has 0 saturated carbocycles. The van der Waals surface area contributed by atoms with Crippen molar-refractivity contribution in [2.75, 3.05) is 7.11 Å². The van der Waals surface area contributed by atoms with Crippen molar-refractivity contribution < 1.29 is 19.1 Å². The highest BCUT2D eigenvalue weighted by atomic mass is 79.9. The zero-order valence-corrected chi connectivity index (χ0v) is 20.7. The lowest BCUT2D eigenvalue weighted by Gasteiger charge is -2.12. The molecule has 0 bridgehead atoms. The minimum absolute atomic E-state index is 0.200. The minimum atomic E-state index is -0.325. The van der Waals surface area contributed by atoms with Gasteiger partial charge in [0.2, 0.25) is 0 Å². The number of hydrogen-bond donors (Lipinski definition) is 0. The third-order valence-corrected chi connectivity index (χ3v) is 6.61. The van der Waals surface area contributed by atoms with E-state index in [2.05, 4.69) is 15.9 Å². The Balaban J connectivity index is 1.47. The van der Waals surface area contributed by atoms with Gasteiger partial charge in [-0.3, -0.25) is 14.5 Å². The minimum Gasteiger partial charge on any atom is -0.493 e. The maximum absolute atomic E-state index is 12.8. The molecule has 1 fully saturated rings. The quantitative estimate of drug-likeness (QED) is 0.302. The summed E-state index contributed by atoms with van der Waals surface area (Å²) in [6, 6.07) is 20.3. The maximum Gasteiger partial charge on any atom is 0.293 e. The second-order valence-corrected chi connectivity index (χ2v) is 9.57. The van der Waals surface area contributed by atoms with E-state index in [0.29, 0.717) is 28.0 Å². The number of imide groups is 1. The lowest BCUT2D eigenvalue weighted by atomic mass is 10.1. The fourth-order valence-corrected chi connectivity index (χ4v) is 4.42. The largest absolute Gasteiger partial charge is 0.493 e. The van der Waals surface area contributed by atoms with Crippen LogP contribution in [0.25, 0.3) is 6.08 Å². The molecule has 4 rings (SSSR count). The number of methoxy groups -OCH3 is 1. The second-order valence-electron chi connectivity index (χ2n) is 7.22. The van der Waals surface area contributed by atoms with Gasteiger partial charge >= 0.3 is 0 Å². The summed E-state index contributed by atoms with van der Waals surface area (Å²) in [4.78, 5) is 26.8. The molecule has 0 atom stereocenters. The Hall–Kier alpha value is -2.74. The van der Waals surface area contributed by atoms with Crippen LogP contribution in [0.2, 0.25) is 5.02 Å². The number of thioether (sulfide) groups is 1. The van der Waals surface area contributed by atoms with Crippen molar-refractivity contribution in [2.45, 2.75) is 13.2 Å². The van der Waals surface area contributed by atoms with Gasteiger partial charge in [-0.1, -0.05) is 57.9 Å². The molecule has 8 heteroatoms. The molecular weight excluding hydrogens is 526 g/mol. The molecular formula is C25H19BrClNO4S. The lowest BCUT2D eigenvalue weighted by molar-refractivity contribution is -0.123. The first kappa shape index (κ1) is 23.4. The topological polar surface area (TPSA) is 55.8 Å². The van der Waals surface area contributed by atoms with Crippen LogP contribution in [0.15, 0.2) is 76.1 Å². The monoisotopic (exact) mass is 543 g/mol. The molecule has 1 aliphatic rings. The molecule has 3 aromatic carbocycles. The van der Waals surface area contributed by atoms with Gasteiger partial charge in [0.05, 0.1) is 18.6 Å². The number of halogens is 2. The Labute approximate surface area is 209 Å². The molecule has 0 spiro atoms. The average Bonchev–Trinajstić information content (AvgIpc) is 3.07.